The van der Waals surface area contributed by atoms with Gasteiger partial charge < -0.3 is 14.2 Å². The fourth-order valence-corrected chi connectivity index (χ4v) is 7.38. The average Bonchev–Trinajstić information content (AvgIpc) is 3.45. The first-order chi connectivity index (χ1) is 21.4. The van der Waals surface area contributed by atoms with Gasteiger partial charge in [-0.15, -0.1) is 0 Å². The molecule has 0 N–H and O–H groups in total. The number of fused-ring (bicyclic) bond motifs is 1. The van der Waals surface area contributed by atoms with Gasteiger partial charge in [-0.3, -0.25) is 9.09 Å². The summed E-state index contributed by atoms with van der Waals surface area (Å²) in [6.07, 6.45) is 3.98. The van der Waals surface area contributed by atoms with Gasteiger partial charge in [0, 0.05) is 24.0 Å². The Morgan fingerprint density at radius 1 is 0.956 bits per heavy atom. The number of hydrogen-bond acceptors (Lipinski definition) is 7. The SMILES string of the molecule is C=CC1=C(/C=C\C)C(=O)OC1OP(C)(=O)Cc1cc(C)c(Cc2ccc(OC3OC(=O)c4ccccc43)c(C(C)C)c2)c(C)c1. The van der Waals surface area contributed by atoms with Crippen LogP contribution in [0.1, 0.15) is 82.3 Å². The fourth-order valence-electron chi connectivity index (χ4n) is 5.90. The van der Waals surface area contributed by atoms with Crippen molar-refractivity contribution in [3.8, 4) is 5.75 Å². The molecule has 2 heterocycles. The van der Waals surface area contributed by atoms with Crippen LogP contribution in [-0.4, -0.2) is 24.9 Å². The van der Waals surface area contributed by atoms with E-state index < -0.39 is 25.9 Å². The zero-order valence-corrected chi connectivity index (χ0v) is 27.5. The number of hydrogen-bond donors (Lipinski definition) is 0. The number of rotatable bonds is 11. The predicted molar refractivity (Wildman–Crippen MR) is 175 cm³/mol. The van der Waals surface area contributed by atoms with E-state index in [9.17, 15) is 14.2 Å². The summed E-state index contributed by atoms with van der Waals surface area (Å²) >= 11 is 0. The number of esters is 2. The monoisotopic (exact) mass is 626 g/mol. The van der Waals surface area contributed by atoms with Gasteiger partial charge in [-0.05, 0) is 78.6 Å². The van der Waals surface area contributed by atoms with Crippen molar-refractivity contribution in [3.63, 3.8) is 0 Å². The maximum Gasteiger partial charge on any atom is 0.342 e. The van der Waals surface area contributed by atoms with Crippen molar-refractivity contribution in [2.24, 2.45) is 0 Å². The van der Waals surface area contributed by atoms with Crippen molar-refractivity contribution >= 4 is 19.3 Å². The van der Waals surface area contributed by atoms with Crippen LogP contribution in [0.15, 0.2) is 90.6 Å². The molecule has 0 spiro atoms. The lowest BCUT2D eigenvalue weighted by Crippen LogP contribution is -2.14. The highest BCUT2D eigenvalue weighted by atomic mass is 31.2. The number of allylic oxidation sites excluding steroid dienone is 1. The van der Waals surface area contributed by atoms with E-state index in [0.29, 0.717) is 28.9 Å². The van der Waals surface area contributed by atoms with Gasteiger partial charge in [0.25, 0.3) is 6.29 Å². The molecule has 2 aliphatic heterocycles. The number of benzene rings is 3. The highest BCUT2D eigenvalue weighted by Crippen LogP contribution is 2.50. The summed E-state index contributed by atoms with van der Waals surface area (Å²) in [5.41, 5.74) is 8.50. The van der Waals surface area contributed by atoms with E-state index in [1.807, 2.05) is 42.5 Å². The van der Waals surface area contributed by atoms with E-state index in [1.54, 1.807) is 31.8 Å². The average molecular weight is 627 g/mol. The Hall–Kier alpha value is -4.19. The molecule has 0 bridgehead atoms. The molecule has 5 rings (SSSR count). The summed E-state index contributed by atoms with van der Waals surface area (Å²) in [4.78, 5) is 24.6. The van der Waals surface area contributed by atoms with E-state index >= 15 is 0 Å². The normalized spacial score (nSPS) is 19.1. The molecule has 7 nitrogen and oxygen atoms in total. The predicted octanol–water partition coefficient (Wildman–Crippen LogP) is 8.63. The van der Waals surface area contributed by atoms with Crippen LogP contribution in [0.2, 0.25) is 0 Å². The molecule has 3 atom stereocenters. The Bertz CT molecular complexity index is 1760. The van der Waals surface area contributed by atoms with Crippen LogP contribution >= 0.6 is 7.37 Å². The molecule has 234 valence electrons. The third-order valence-corrected chi connectivity index (χ3v) is 9.63. The zero-order valence-electron chi connectivity index (χ0n) is 26.6. The summed E-state index contributed by atoms with van der Waals surface area (Å²) in [5, 5.41) is 0. The number of carbonyl (C=O) groups is 2. The van der Waals surface area contributed by atoms with E-state index in [0.717, 1.165) is 33.4 Å². The lowest BCUT2D eigenvalue weighted by Gasteiger charge is -2.21. The number of aryl methyl sites for hydroxylation is 2. The molecular formula is C37H39O7P. The highest BCUT2D eigenvalue weighted by Gasteiger charge is 2.36. The van der Waals surface area contributed by atoms with Crippen LogP contribution in [0.4, 0.5) is 0 Å². The van der Waals surface area contributed by atoms with Gasteiger partial charge in [0.1, 0.15) is 5.75 Å². The minimum Gasteiger partial charge on any atom is -0.450 e. The van der Waals surface area contributed by atoms with Crippen molar-refractivity contribution in [2.45, 2.75) is 65.7 Å². The number of carbonyl (C=O) groups excluding carboxylic acids is 2. The molecule has 0 fully saturated rings. The second-order valence-electron chi connectivity index (χ2n) is 11.9. The molecule has 2 aliphatic rings. The van der Waals surface area contributed by atoms with E-state index in [1.165, 1.54) is 11.6 Å². The third kappa shape index (κ3) is 6.90. The van der Waals surface area contributed by atoms with Gasteiger partial charge in [0.15, 0.2) is 0 Å². The minimum atomic E-state index is -3.20. The van der Waals surface area contributed by atoms with Crippen molar-refractivity contribution in [3.05, 3.63) is 135 Å². The third-order valence-electron chi connectivity index (χ3n) is 8.06. The van der Waals surface area contributed by atoms with Crippen molar-refractivity contribution in [1.82, 2.24) is 0 Å². The lowest BCUT2D eigenvalue weighted by atomic mass is 9.92. The summed E-state index contributed by atoms with van der Waals surface area (Å²) in [5.74, 6) is -0.0275. The summed E-state index contributed by atoms with van der Waals surface area (Å²) in [7, 11) is -3.20. The topological polar surface area (TPSA) is 88.1 Å². The van der Waals surface area contributed by atoms with Gasteiger partial charge in [0.05, 0.1) is 11.1 Å². The molecule has 0 saturated heterocycles. The Morgan fingerprint density at radius 3 is 2.31 bits per heavy atom. The molecule has 3 unspecified atom stereocenters. The Labute approximate surface area is 265 Å². The van der Waals surface area contributed by atoms with Crippen molar-refractivity contribution in [2.75, 3.05) is 6.66 Å². The van der Waals surface area contributed by atoms with Crippen molar-refractivity contribution in [1.29, 1.82) is 0 Å². The largest absolute Gasteiger partial charge is 0.450 e. The van der Waals surface area contributed by atoms with E-state index in [-0.39, 0.29) is 18.0 Å². The highest BCUT2D eigenvalue weighted by molar-refractivity contribution is 7.57. The van der Waals surface area contributed by atoms with Crippen LogP contribution in [0, 0.1) is 13.8 Å². The van der Waals surface area contributed by atoms with Gasteiger partial charge in [-0.25, -0.2) is 9.59 Å². The fraction of sp³-hybridized carbons (Fsp3) is 0.297. The second kappa shape index (κ2) is 13.0. The molecular weight excluding hydrogens is 587 g/mol. The Balaban J connectivity index is 1.32. The second-order valence-corrected chi connectivity index (χ2v) is 14.5. The first-order valence-corrected chi connectivity index (χ1v) is 17.3. The molecule has 3 aromatic rings. The van der Waals surface area contributed by atoms with Crippen LogP contribution in [0.25, 0.3) is 0 Å². The van der Waals surface area contributed by atoms with Crippen LogP contribution < -0.4 is 4.74 Å². The molecule has 45 heavy (non-hydrogen) atoms. The quantitative estimate of drug-likeness (QED) is 0.156. The number of cyclic esters (lactones) is 2. The summed E-state index contributed by atoms with van der Waals surface area (Å²) in [6, 6.07) is 17.5. The van der Waals surface area contributed by atoms with Gasteiger partial charge in [0.2, 0.25) is 13.7 Å². The molecule has 0 aliphatic carbocycles. The minimum absolute atomic E-state index is 0.181. The number of ether oxygens (including phenoxy) is 3. The van der Waals surface area contributed by atoms with Gasteiger partial charge in [-0.2, -0.15) is 0 Å². The maximum atomic E-state index is 13.6. The molecule has 3 aromatic carbocycles. The first-order valence-electron chi connectivity index (χ1n) is 15.0. The standard InChI is InChI=1S/C37H39O7P/c1-8-12-28-27(9-2)37(43-34(28)38)44-45(7,40)21-26-17-23(5)32(24(6)18-26)20-25-15-16-33(31(19-25)22(3)4)41-36-30-14-11-10-13-29(30)35(39)42-36/h8-19,22,36-37H,2,20-21H2,1,3-7H3/b12-8-. The zero-order chi connectivity index (χ0) is 32.5. The molecule has 8 heteroatoms. The smallest absolute Gasteiger partial charge is 0.342 e. The maximum absolute atomic E-state index is 13.6. The van der Waals surface area contributed by atoms with Gasteiger partial charge in [-0.1, -0.05) is 81.1 Å². The Morgan fingerprint density at radius 2 is 1.64 bits per heavy atom. The van der Waals surface area contributed by atoms with E-state index in [2.05, 4.69) is 40.3 Å². The molecule has 0 amide bonds. The van der Waals surface area contributed by atoms with Crippen LogP contribution in [0.3, 0.4) is 0 Å². The summed E-state index contributed by atoms with van der Waals surface area (Å²) < 4.78 is 36.6. The van der Waals surface area contributed by atoms with Crippen LogP contribution in [-0.2, 0) is 35.9 Å². The molecule has 0 radical (unpaired) electrons. The molecule has 0 saturated carbocycles. The lowest BCUT2D eigenvalue weighted by molar-refractivity contribution is -0.148. The molecule has 0 aromatic heterocycles. The Kier molecular flexibility index (Phi) is 9.33. The first kappa shape index (κ1) is 32.2. The van der Waals surface area contributed by atoms with E-state index in [4.69, 9.17) is 18.7 Å². The van der Waals surface area contributed by atoms with Gasteiger partial charge >= 0.3 is 11.9 Å². The van der Waals surface area contributed by atoms with Crippen LogP contribution in [0.5, 0.6) is 5.75 Å². The van der Waals surface area contributed by atoms with Crippen molar-refractivity contribution < 1.29 is 32.9 Å². The summed E-state index contributed by atoms with van der Waals surface area (Å²) in [6.45, 7) is 15.5.